The maximum Gasteiger partial charge on any atom is 0.188 e. The highest BCUT2D eigenvalue weighted by Crippen LogP contribution is 2.36. The number of para-hydroxylation sites is 2. The van der Waals surface area contributed by atoms with Crippen molar-refractivity contribution < 1.29 is 4.42 Å². The average molecular weight is 358 g/mol. The summed E-state index contributed by atoms with van der Waals surface area (Å²) in [5.41, 5.74) is 5.71. The summed E-state index contributed by atoms with van der Waals surface area (Å²) in [6, 6.07) is 28.8. The number of fused-ring (bicyclic) bond motifs is 6. The summed E-state index contributed by atoms with van der Waals surface area (Å²) < 4.78 is 8.28. The van der Waals surface area contributed by atoms with Crippen LogP contribution in [-0.4, -0.2) is 4.57 Å². The maximum atomic E-state index is 7.31. The second-order valence-electron chi connectivity index (χ2n) is 6.94. The van der Waals surface area contributed by atoms with Crippen LogP contribution in [0.5, 0.6) is 0 Å². The van der Waals surface area contributed by atoms with E-state index in [9.17, 15) is 0 Å². The fourth-order valence-electron chi connectivity index (χ4n) is 4.16. The van der Waals surface area contributed by atoms with E-state index >= 15 is 0 Å². The third-order valence-electron chi connectivity index (χ3n) is 5.40. The van der Waals surface area contributed by atoms with Gasteiger partial charge in [-0.1, -0.05) is 42.5 Å². The Labute approximate surface area is 160 Å². The molecule has 0 amide bonds. The van der Waals surface area contributed by atoms with E-state index in [0.29, 0.717) is 5.69 Å². The quantitative estimate of drug-likeness (QED) is 0.284. The summed E-state index contributed by atoms with van der Waals surface area (Å²) in [6.07, 6.45) is 0. The van der Waals surface area contributed by atoms with E-state index in [4.69, 9.17) is 11.0 Å². The Morgan fingerprint density at radius 1 is 0.643 bits per heavy atom. The van der Waals surface area contributed by atoms with Crippen LogP contribution in [0, 0.1) is 6.57 Å². The molecule has 0 fully saturated rings. The van der Waals surface area contributed by atoms with Gasteiger partial charge in [-0.15, -0.1) is 0 Å². The molecule has 2 aromatic heterocycles. The van der Waals surface area contributed by atoms with Crippen molar-refractivity contribution in [1.82, 2.24) is 4.57 Å². The van der Waals surface area contributed by atoms with Crippen LogP contribution in [-0.2, 0) is 0 Å². The van der Waals surface area contributed by atoms with Crippen LogP contribution in [0.25, 0.3) is 54.3 Å². The van der Waals surface area contributed by atoms with E-state index in [1.165, 1.54) is 21.8 Å². The van der Waals surface area contributed by atoms with Crippen LogP contribution in [0.1, 0.15) is 0 Å². The molecule has 3 heteroatoms. The number of furan rings is 1. The molecule has 130 valence electrons. The zero-order valence-electron chi connectivity index (χ0n) is 14.9. The minimum absolute atomic E-state index is 0.623. The lowest BCUT2D eigenvalue weighted by Crippen LogP contribution is -1.93. The molecule has 0 aliphatic heterocycles. The van der Waals surface area contributed by atoms with Gasteiger partial charge in [0.15, 0.2) is 5.69 Å². The predicted molar refractivity (Wildman–Crippen MR) is 114 cm³/mol. The van der Waals surface area contributed by atoms with Gasteiger partial charge in [0.25, 0.3) is 0 Å². The highest BCUT2D eigenvalue weighted by atomic mass is 16.3. The zero-order valence-corrected chi connectivity index (χ0v) is 14.9. The molecule has 0 saturated carbocycles. The lowest BCUT2D eigenvalue weighted by Gasteiger charge is -2.08. The van der Waals surface area contributed by atoms with Crippen molar-refractivity contribution in [3.8, 4) is 5.69 Å². The van der Waals surface area contributed by atoms with Crippen molar-refractivity contribution in [2.75, 3.05) is 0 Å². The van der Waals surface area contributed by atoms with Gasteiger partial charge in [-0.2, -0.15) is 0 Å². The normalized spacial score (nSPS) is 11.5. The minimum atomic E-state index is 0.623. The highest BCUT2D eigenvalue weighted by molar-refractivity contribution is 6.10. The van der Waals surface area contributed by atoms with Crippen molar-refractivity contribution in [2.45, 2.75) is 0 Å². The molecule has 0 N–H and O–H groups in total. The molecule has 2 heterocycles. The van der Waals surface area contributed by atoms with Crippen molar-refractivity contribution in [1.29, 1.82) is 0 Å². The molecule has 0 spiro atoms. The first-order valence-corrected chi connectivity index (χ1v) is 9.16. The monoisotopic (exact) mass is 358 g/mol. The lowest BCUT2D eigenvalue weighted by atomic mass is 10.1. The fourth-order valence-corrected chi connectivity index (χ4v) is 4.16. The maximum absolute atomic E-state index is 7.31. The minimum Gasteiger partial charge on any atom is -0.456 e. The summed E-state index contributed by atoms with van der Waals surface area (Å²) in [5.74, 6) is 0. The second-order valence-corrected chi connectivity index (χ2v) is 6.94. The summed E-state index contributed by atoms with van der Waals surface area (Å²) in [7, 11) is 0. The molecule has 6 rings (SSSR count). The van der Waals surface area contributed by atoms with Crippen molar-refractivity contribution in [2.24, 2.45) is 0 Å². The number of hydrogen-bond donors (Lipinski definition) is 0. The SMILES string of the molecule is [C-]#[N+]c1ccc2oc3ccc(-n4c5ccccc5c5ccccc54)cc3c2c1. The molecule has 0 radical (unpaired) electrons. The zero-order chi connectivity index (χ0) is 18.7. The molecule has 0 atom stereocenters. The standard InChI is InChI=1S/C25H14N2O/c1-26-16-10-12-24-20(14-16)21-15-17(11-13-25(21)28-24)27-22-8-4-2-6-18(22)19-7-3-5-9-23(19)27/h2-15H. The Bertz CT molecular complexity index is 1520. The van der Waals surface area contributed by atoms with Crippen LogP contribution in [0.4, 0.5) is 5.69 Å². The third kappa shape index (κ3) is 1.97. The molecule has 0 bridgehead atoms. The Kier molecular flexibility index (Phi) is 2.95. The van der Waals surface area contributed by atoms with E-state index in [-0.39, 0.29) is 0 Å². The van der Waals surface area contributed by atoms with Gasteiger partial charge in [-0.3, -0.25) is 0 Å². The number of benzene rings is 4. The number of hydrogen-bond acceptors (Lipinski definition) is 1. The van der Waals surface area contributed by atoms with Gasteiger partial charge in [0.2, 0.25) is 0 Å². The summed E-state index contributed by atoms with van der Waals surface area (Å²) in [5, 5.41) is 4.49. The van der Waals surface area contributed by atoms with E-state index in [1.54, 1.807) is 6.07 Å². The summed E-state index contributed by atoms with van der Waals surface area (Å²) >= 11 is 0. The molecule has 3 nitrogen and oxygen atoms in total. The van der Waals surface area contributed by atoms with Gasteiger partial charge in [0, 0.05) is 27.2 Å². The van der Waals surface area contributed by atoms with Gasteiger partial charge in [0.05, 0.1) is 17.6 Å². The van der Waals surface area contributed by atoms with E-state index in [1.807, 2.05) is 18.2 Å². The average Bonchev–Trinajstić information content (AvgIpc) is 3.28. The highest BCUT2D eigenvalue weighted by Gasteiger charge is 2.14. The molecule has 28 heavy (non-hydrogen) atoms. The van der Waals surface area contributed by atoms with Gasteiger partial charge < -0.3 is 8.98 Å². The summed E-state index contributed by atoms with van der Waals surface area (Å²) in [4.78, 5) is 3.56. The molecule has 6 aromatic rings. The van der Waals surface area contributed by atoms with Crippen LogP contribution in [0.3, 0.4) is 0 Å². The topological polar surface area (TPSA) is 22.4 Å². The molecule has 0 saturated heterocycles. The smallest absolute Gasteiger partial charge is 0.188 e. The first-order chi connectivity index (χ1) is 13.8. The third-order valence-corrected chi connectivity index (χ3v) is 5.40. The van der Waals surface area contributed by atoms with Crippen molar-refractivity contribution in [3.05, 3.63) is 96.3 Å². The predicted octanol–water partition coefficient (Wildman–Crippen LogP) is 7.23. The molecule has 0 unspecified atom stereocenters. The van der Waals surface area contributed by atoms with E-state index in [2.05, 4.69) is 70.1 Å². The van der Waals surface area contributed by atoms with E-state index in [0.717, 1.165) is 27.6 Å². The van der Waals surface area contributed by atoms with Gasteiger partial charge in [-0.05, 0) is 42.5 Å². The Morgan fingerprint density at radius 2 is 1.25 bits per heavy atom. The van der Waals surface area contributed by atoms with Crippen LogP contribution >= 0.6 is 0 Å². The largest absolute Gasteiger partial charge is 0.456 e. The molecule has 0 aliphatic rings. The van der Waals surface area contributed by atoms with E-state index < -0.39 is 0 Å². The van der Waals surface area contributed by atoms with Crippen LogP contribution < -0.4 is 0 Å². The summed E-state index contributed by atoms with van der Waals surface area (Å²) in [6.45, 7) is 7.31. The van der Waals surface area contributed by atoms with Gasteiger partial charge in [0.1, 0.15) is 11.2 Å². The number of nitrogens with zero attached hydrogens (tertiary/aromatic N) is 2. The number of aromatic nitrogens is 1. The van der Waals surface area contributed by atoms with Crippen LogP contribution in [0.2, 0.25) is 0 Å². The van der Waals surface area contributed by atoms with Crippen molar-refractivity contribution in [3.63, 3.8) is 0 Å². The van der Waals surface area contributed by atoms with Crippen molar-refractivity contribution >= 4 is 49.4 Å². The molecular weight excluding hydrogens is 344 g/mol. The van der Waals surface area contributed by atoms with Gasteiger partial charge >= 0.3 is 0 Å². The molecule has 4 aromatic carbocycles. The van der Waals surface area contributed by atoms with Crippen LogP contribution in [0.15, 0.2) is 89.3 Å². The molecular formula is C25H14N2O. The Balaban J connectivity index is 1.73. The Hall–Kier alpha value is -4.03. The lowest BCUT2D eigenvalue weighted by molar-refractivity contribution is 0.669. The fraction of sp³-hybridized carbons (Fsp3) is 0. The first-order valence-electron chi connectivity index (χ1n) is 9.16. The Morgan fingerprint density at radius 3 is 1.93 bits per heavy atom. The first kappa shape index (κ1) is 15.1. The van der Waals surface area contributed by atoms with Gasteiger partial charge in [-0.25, -0.2) is 4.85 Å². The second kappa shape index (κ2) is 5.48. The molecule has 0 aliphatic carbocycles. The number of rotatable bonds is 1.